The van der Waals surface area contributed by atoms with Crippen LogP contribution in [0.4, 0.5) is 10.5 Å². The van der Waals surface area contributed by atoms with E-state index in [9.17, 15) is 9.59 Å². The molecule has 43 heavy (non-hydrogen) atoms. The van der Waals surface area contributed by atoms with Gasteiger partial charge < -0.3 is 24.9 Å². The second kappa shape index (κ2) is 13.0. The number of carbonyl (C=O) groups excluding carboxylic acids is 2. The number of urea groups is 1. The SMILES string of the molecule is Cc1cc(C[C@@H](NC(=O)N2CCN(c3ccc(C#N)cc3)CC2)C(=O)N2CCC(N3CCCCC3)CC2)cc2cn[nH]c12. The molecule has 226 valence electrons. The Morgan fingerprint density at radius 1 is 0.977 bits per heavy atom. The van der Waals surface area contributed by atoms with Crippen molar-refractivity contribution in [2.45, 2.75) is 57.5 Å². The van der Waals surface area contributed by atoms with Gasteiger partial charge in [0.25, 0.3) is 0 Å². The predicted octanol–water partition coefficient (Wildman–Crippen LogP) is 3.66. The topological polar surface area (TPSA) is 112 Å². The van der Waals surface area contributed by atoms with Gasteiger partial charge in [0.2, 0.25) is 5.91 Å². The number of fused-ring (bicyclic) bond motifs is 1. The first kappa shape index (κ1) is 29.0. The molecule has 2 N–H and O–H groups in total. The van der Waals surface area contributed by atoms with E-state index in [0.717, 1.165) is 53.6 Å². The molecule has 6 rings (SSSR count). The number of piperazine rings is 1. The first-order chi connectivity index (χ1) is 21.0. The molecule has 3 aromatic rings. The number of H-pyrrole nitrogens is 1. The Kier molecular flexibility index (Phi) is 8.79. The van der Waals surface area contributed by atoms with Crippen LogP contribution in [0.5, 0.6) is 0 Å². The summed E-state index contributed by atoms with van der Waals surface area (Å²) in [4.78, 5) is 36.2. The largest absolute Gasteiger partial charge is 0.368 e. The van der Waals surface area contributed by atoms with E-state index in [1.807, 2.05) is 41.0 Å². The highest BCUT2D eigenvalue weighted by molar-refractivity contribution is 5.88. The molecule has 0 aliphatic carbocycles. The zero-order valence-electron chi connectivity index (χ0n) is 25.1. The molecule has 3 fully saturated rings. The van der Waals surface area contributed by atoms with Crippen molar-refractivity contribution in [3.05, 3.63) is 59.3 Å². The van der Waals surface area contributed by atoms with Gasteiger partial charge in [-0.2, -0.15) is 10.4 Å². The Hall–Kier alpha value is -4.10. The van der Waals surface area contributed by atoms with Gasteiger partial charge in [-0.05, 0) is 87.2 Å². The van der Waals surface area contributed by atoms with Crippen molar-refractivity contribution < 1.29 is 9.59 Å². The molecule has 3 aliphatic rings. The molecule has 0 bridgehead atoms. The van der Waals surface area contributed by atoms with Gasteiger partial charge in [0, 0.05) is 62.8 Å². The molecular formula is C33H42N8O2. The minimum Gasteiger partial charge on any atom is -0.368 e. The first-order valence-electron chi connectivity index (χ1n) is 15.7. The number of carbonyl (C=O) groups is 2. The summed E-state index contributed by atoms with van der Waals surface area (Å²) in [7, 11) is 0. The van der Waals surface area contributed by atoms with Gasteiger partial charge in [-0.15, -0.1) is 0 Å². The van der Waals surface area contributed by atoms with Crippen LogP contribution in [0.3, 0.4) is 0 Å². The van der Waals surface area contributed by atoms with Crippen LogP contribution in [0.15, 0.2) is 42.6 Å². The molecule has 0 saturated carbocycles. The Balaban J connectivity index is 1.12. The van der Waals surface area contributed by atoms with Gasteiger partial charge in [0.1, 0.15) is 6.04 Å². The summed E-state index contributed by atoms with van der Waals surface area (Å²) >= 11 is 0. The van der Waals surface area contributed by atoms with Crippen molar-refractivity contribution in [3.8, 4) is 6.07 Å². The third-order valence-corrected chi connectivity index (χ3v) is 9.45. The van der Waals surface area contributed by atoms with E-state index in [1.165, 1.54) is 32.4 Å². The van der Waals surface area contributed by atoms with Gasteiger partial charge in [0.05, 0.1) is 23.3 Å². The molecular weight excluding hydrogens is 540 g/mol. The quantitative estimate of drug-likeness (QED) is 0.459. The maximum atomic E-state index is 14.0. The molecule has 0 unspecified atom stereocenters. The minimum atomic E-state index is -0.639. The lowest BCUT2D eigenvalue weighted by Gasteiger charge is -2.41. The van der Waals surface area contributed by atoms with E-state index in [-0.39, 0.29) is 11.9 Å². The fraction of sp³-hybridized carbons (Fsp3) is 0.515. The number of piperidine rings is 2. The van der Waals surface area contributed by atoms with Gasteiger partial charge in [0.15, 0.2) is 0 Å². The number of hydrogen-bond donors (Lipinski definition) is 2. The smallest absolute Gasteiger partial charge is 0.318 e. The molecule has 4 heterocycles. The maximum Gasteiger partial charge on any atom is 0.318 e. The number of benzene rings is 2. The Morgan fingerprint density at radius 3 is 2.40 bits per heavy atom. The number of amides is 3. The Bertz CT molecular complexity index is 1460. The van der Waals surface area contributed by atoms with E-state index < -0.39 is 6.04 Å². The van der Waals surface area contributed by atoms with Crippen molar-refractivity contribution in [2.24, 2.45) is 0 Å². The zero-order valence-corrected chi connectivity index (χ0v) is 25.1. The van der Waals surface area contributed by atoms with E-state index in [0.29, 0.717) is 44.2 Å². The number of aromatic nitrogens is 2. The Labute approximate surface area is 253 Å². The molecule has 2 aromatic carbocycles. The lowest BCUT2D eigenvalue weighted by Crippen LogP contribution is -2.58. The fourth-order valence-corrected chi connectivity index (χ4v) is 6.98. The monoisotopic (exact) mass is 582 g/mol. The third-order valence-electron chi connectivity index (χ3n) is 9.45. The van der Waals surface area contributed by atoms with E-state index >= 15 is 0 Å². The van der Waals surface area contributed by atoms with Gasteiger partial charge in [-0.1, -0.05) is 12.5 Å². The lowest BCUT2D eigenvalue weighted by molar-refractivity contribution is -0.134. The number of anilines is 1. The highest BCUT2D eigenvalue weighted by Crippen LogP contribution is 2.24. The van der Waals surface area contributed by atoms with Crippen LogP contribution >= 0.6 is 0 Å². The van der Waals surface area contributed by atoms with Crippen molar-refractivity contribution in [3.63, 3.8) is 0 Å². The Morgan fingerprint density at radius 2 is 1.70 bits per heavy atom. The van der Waals surface area contributed by atoms with E-state index in [1.54, 1.807) is 6.20 Å². The number of aromatic amines is 1. The average Bonchev–Trinajstić information content (AvgIpc) is 3.54. The van der Waals surface area contributed by atoms with E-state index in [2.05, 4.69) is 43.5 Å². The van der Waals surface area contributed by atoms with Gasteiger partial charge >= 0.3 is 6.03 Å². The maximum absolute atomic E-state index is 14.0. The van der Waals surface area contributed by atoms with Crippen molar-refractivity contribution in [1.82, 2.24) is 30.2 Å². The molecule has 3 amide bonds. The van der Waals surface area contributed by atoms with Gasteiger partial charge in [-0.3, -0.25) is 9.89 Å². The van der Waals surface area contributed by atoms with Crippen LogP contribution in [0.1, 0.15) is 48.8 Å². The first-order valence-corrected chi connectivity index (χ1v) is 15.7. The fourth-order valence-electron chi connectivity index (χ4n) is 6.98. The molecule has 1 atom stereocenters. The molecule has 10 nitrogen and oxygen atoms in total. The van der Waals surface area contributed by atoms with Crippen LogP contribution in [0.25, 0.3) is 10.9 Å². The summed E-state index contributed by atoms with van der Waals surface area (Å²) in [5, 5.41) is 20.5. The van der Waals surface area contributed by atoms with Crippen LogP contribution < -0.4 is 10.2 Å². The summed E-state index contributed by atoms with van der Waals surface area (Å²) < 4.78 is 0. The average molecular weight is 583 g/mol. The second-order valence-corrected chi connectivity index (χ2v) is 12.2. The zero-order chi connectivity index (χ0) is 29.8. The third kappa shape index (κ3) is 6.62. The summed E-state index contributed by atoms with van der Waals surface area (Å²) in [5.74, 6) is 0.00612. The molecule has 3 aliphatic heterocycles. The second-order valence-electron chi connectivity index (χ2n) is 12.2. The van der Waals surface area contributed by atoms with Crippen molar-refractivity contribution in [1.29, 1.82) is 5.26 Å². The van der Waals surface area contributed by atoms with E-state index in [4.69, 9.17) is 5.26 Å². The highest BCUT2D eigenvalue weighted by atomic mass is 16.2. The highest BCUT2D eigenvalue weighted by Gasteiger charge is 2.33. The van der Waals surface area contributed by atoms with Crippen LogP contribution in [-0.2, 0) is 11.2 Å². The lowest BCUT2D eigenvalue weighted by atomic mass is 9.97. The standard InChI is InChI=1S/C33H42N8O2/c1-24-19-26(20-27-23-35-37-31(24)27)21-30(32(42)40-13-9-29(10-14-40)38-11-3-2-4-12-38)36-33(43)41-17-15-39(16-18-41)28-7-5-25(22-34)6-8-28/h5-8,19-20,23,29-30H,2-4,9-18,21H2,1H3,(H,35,37)(H,36,43)/t30-/m1/s1. The van der Waals surface area contributed by atoms with Crippen molar-refractivity contribution in [2.75, 3.05) is 57.3 Å². The summed E-state index contributed by atoms with van der Waals surface area (Å²) in [6.45, 7) is 8.36. The predicted molar refractivity (Wildman–Crippen MR) is 167 cm³/mol. The number of rotatable bonds is 6. The van der Waals surface area contributed by atoms with Crippen molar-refractivity contribution >= 4 is 28.5 Å². The number of nitriles is 1. The number of nitrogens with zero attached hydrogens (tertiary/aromatic N) is 6. The summed E-state index contributed by atoms with van der Waals surface area (Å²) in [6.07, 6.45) is 8.09. The molecule has 0 radical (unpaired) electrons. The van der Waals surface area contributed by atoms with Gasteiger partial charge in [-0.25, -0.2) is 4.79 Å². The number of aryl methyl sites for hydroxylation is 1. The molecule has 1 aromatic heterocycles. The summed E-state index contributed by atoms with van der Waals surface area (Å²) in [5.41, 5.74) is 4.76. The number of hydrogen-bond acceptors (Lipinski definition) is 6. The summed E-state index contributed by atoms with van der Waals surface area (Å²) in [6, 6.07) is 13.6. The van der Waals surface area contributed by atoms with Crippen LogP contribution in [0.2, 0.25) is 0 Å². The number of nitrogens with one attached hydrogen (secondary N) is 2. The molecule has 3 saturated heterocycles. The minimum absolute atomic E-state index is 0.00612. The van der Waals surface area contributed by atoms with Crippen LogP contribution in [-0.4, -0.2) is 101 Å². The normalized spacial score (nSPS) is 19.3. The molecule has 0 spiro atoms. The molecule has 10 heteroatoms. The number of likely N-dealkylation sites (tertiary alicyclic amines) is 2. The van der Waals surface area contributed by atoms with Crippen LogP contribution in [0, 0.1) is 18.3 Å².